The van der Waals surface area contributed by atoms with Crippen molar-refractivity contribution in [2.24, 2.45) is 39.9 Å². The normalized spacial score (nSPS) is 49.4. The monoisotopic (exact) mass is 508 g/mol. The fourth-order valence-electron chi connectivity index (χ4n) is 8.08. The Morgan fingerprint density at radius 1 is 1.22 bits per heavy atom. The first-order valence-electron chi connectivity index (χ1n) is 12.2. The summed E-state index contributed by atoms with van der Waals surface area (Å²) >= 11 is 0. The summed E-state index contributed by atoms with van der Waals surface area (Å²) < 4.78 is 17.2. The van der Waals surface area contributed by atoms with Crippen molar-refractivity contribution < 1.29 is 53.8 Å². The predicted molar refractivity (Wildman–Crippen MR) is 118 cm³/mol. The molecule has 2 saturated carbocycles. The van der Waals surface area contributed by atoms with E-state index in [0.717, 1.165) is 13.8 Å². The zero-order valence-corrected chi connectivity index (χ0v) is 20.8. The van der Waals surface area contributed by atoms with Crippen molar-refractivity contribution in [3.8, 4) is 0 Å². The number of fused-ring (bicyclic) bond motifs is 1. The Labute approximate surface area is 207 Å². The molecule has 11 nitrogen and oxygen atoms in total. The van der Waals surface area contributed by atoms with Gasteiger partial charge in [-0.1, -0.05) is 19.4 Å². The molecule has 5 rings (SSSR count). The number of hydrogen-bond donors (Lipinski definition) is 4. The standard InChI is InChI=1S/C25H32O11/c1-9-6-12(26)17(28)23(5)11(9)7-13-24-8-34-25(33,19(23)24)16(27)10(2)14(24)15(18(29)35-13)36-21(32)22(3,4)20(30)31/h6,10-11,13-17,19,27-28,33H,7-8H2,1-5H3,(H,30,31)/t10-,11+,13-,14-,15-,16-,17-,19-,23-,24+,25+/m1/s1. The Hall–Kier alpha value is -2.34. The third-order valence-corrected chi connectivity index (χ3v) is 9.91. The summed E-state index contributed by atoms with van der Waals surface area (Å²) in [6.45, 7) is 7.12. The molecule has 198 valence electrons. The molecule has 5 aliphatic rings. The van der Waals surface area contributed by atoms with E-state index in [1.807, 2.05) is 0 Å². The summed E-state index contributed by atoms with van der Waals surface area (Å²) in [5, 5.41) is 43.8. The molecular weight excluding hydrogens is 476 g/mol. The molecule has 0 aromatic rings. The maximum atomic E-state index is 13.3. The van der Waals surface area contributed by atoms with Crippen molar-refractivity contribution in [1.82, 2.24) is 0 Å². The van der Waals surface area contributed by atoms with Crippen LogP contribution in [0.5, 0.6) is 0 Å². The van der Waals surface area contributed by atoms with Gasteiger partial charge < -0.3 is 34.6 Å². The molecule has 1 spiro atoms. The number of carboxylic acids is 1. The van der Waals surface area contributed by atoms with E-state index >= 15 is 0 Å². The Kier molecular flexibility index (Phi) is 5.18. The second-order valence-electron chi connectivity index (χ2n) is 11.9. The minimum absolute atomic E-state index is 0.180. The van der Waals surface area contributed by atoms with Gasteiger partial charge in [0.05, 0.1) is 6.61 Å². The SMILES string of the molecule is CC1=CC(=O)[C@@H](O)[C@]2(C)[C@H]3[C@@]4(O)OC[C@]35[C@H]([C@@H](C)[C@H]4O)[C@@H](OC(=O)C(C)(C)C(=O)O)C(=O)O[C@@H]5C[C@@H]12. The van der Waals surface area contributed by atoms with Crippen LogP contribution in [0.25, 0.3) is 0 Å². The van der Waals surface area contributed by atoms with E-state index in [1.165, 1.54) is 6.08 Å². The van der Waals surface area contributed by atoms with Crippen LogP contribution in [0.4, 0.5) is 0 Å². The van der Waals surface area contributed by atoms with Crippen molar-refractivity contribution in [3.05, 3.63) is 11.6 Å². The summed E-state index contributed by atoms with van der Waals surface area (Å²) in [5.41, 5.74) is -3.82. The number of esters is 2. The Morgan fingerprint density at radius 3 is 2.47 bits per heavy atom. The van der Waals surface area contributed by atoms with Crippen molar-refractivity contribution in [2.75, 3.05) is 6.61 Å². The lowest BCUT2D eigenvalue weighted by atomic mass is 9.38. The highest BCUT2D eigenvalue weighted by atomic mass is 16.7. The molecule has 0 unspecified atom stereocenters. The van der Waals surface area contributed by atoms with Gasteiger partial charge in [-0.25, -0.2) is 4.79 Å². The van der Waals surface area contributed by atoms with Crippen molar-refractivity contribution in [2.45, 2.75) is 71.2 Å². The summed E-state index contributed by atoms with van der Waals surface area (Å²) in [7, 11) is 0. The molecule has 0 amide bonds. The summed E-state index contributed by atoms with van der Waals surface area (Å²) in [5.74, 6) is -9.50. The molecule has 2 bridgehead atoms. The first-order chi connectivity index (χ1) is 16.6. The molecular formula is C25H32O11. The van der Waals surface area contributed by atoms with Gasteiger partial charge in [-0.3, -0.25) is 14.4 Å². The van der Waals surface area contributed by atoms with Crippen molar-refractivity contribution in [1.29, 1.82) is 0 Å². The van der Waals surface area contributed by atoms with Crippen molar-refractivity contribution in [3.63, 3.8) is 0 Å². The predicted octanol–water partition coefficient (Wildman–Crippen LogP) is -0.201. The number of aliphatic hydroxyl groups is 3. The molecule has 3 aliphatic carbocycles. The molecule has 0 aromatic heterocycles. The van der Waals surface area contributed by atoms with Crippen LogP contribution in [-0.4, -0.2) is 80.9 Å². The fraction of sp³-hybridized carbons (Fsp3) is 0.760. The maximum Gasteiger partial charge on any atom is 0.348 e. The number of ether oxygens (including phenoxy) is 3. The van der Waals surface area contributed by atoms with Crippen LogP contribution in [0.15, 0.2) is 11.6 Å². The molecule has 36 heavy (non-hydrogen) atoms. The number of carboxylic acid groups (broad SMARTS) is 1. The lowest BCUT2D eigenvalue weighted by molar-refractivity contribution is -0.340. The van der Waals surface area contributed by atoms with E-state index in [1.54, 1.807) is 20.8 Å². The van der Waals surface area contributed by atoms with Gasteiger partial charge in [0.25, 0.3) is 0 Å². The van der Waals surface area contributed by atoms with Crippen LogP contribution in [0.3, 0.4) is 0 Å². The van der Waals surface area contributed by atoms with Crippen molar-refractivity contribution >= 4 is 23.7 Å². The summed E-state index contributed by atoms with van der Waals surface area (Å²) in [4.78, 5) is 50.6. The van der Waals surface area contributed by atoms with Gasteiger partial charge in [0.2, 0.25) is 6.10 Å². The van der Waals surface area contributed by atoms with Crippen LogP contribution >= 0.6 is 0 Å². The van der Waals surface area contributed by atoms with Crippen LogP contribution in [0.2, 0.25) is 0 Å². The zero-order chi connectivity index (χ0) is 26.7. The summed E-state index contributed by atoms with van der Waals surface area (Å²) in [6, 6.07) is 0. The number of hydrogen-bond acceptors (Lipinski definition) is 10. The zero-order valence-electron chi connectivity index (χ0n) is 20.8. The van der Waals surface area contributed by atoms with Gasteiger partial charge in [0.15, 0.2) is 17.0 Å². The third-order valence-electron chi connectivity index (χ3n) is 9.91. The highest BCUT2D eigenvalue weighted by Crippen LogP contribution is 2.73. The molecule has 4 fully saturated rings. The number of aliphatic hydroxyl groups excluding tert-OH is 2. The quantitative estimate of drug-likeness (QED) is 0.293. The Balaban J connectivity index is 1.68. The first kappa shape index (κ1) is 25.3. The van der Waals surface area contributed by atoms with Gasteiger partial charge in [-0.15, -0.1) is 0 Å². The highest BCUT2D eigenvalue weighted by Gasteiger charge is 2.83. The van der Waals surface area contributed by atoms with Gasteiger partial charge >= 0.3 is 17.9 Å². The largest absolute Gasteiger partial charge is 0.480 e. The number of carbonyl (C=O) groups excluding carboxylic acids is 3. The average Bonchev–Trinajstić information content (AvgIpc) is 3.08. The smallest absolute Gasteiger partial charge is 0.348 e. The van der Waals surface area contributed by atoms with E-state index in [4.69, 9.17) is 14.2 Å². The van der Waals surface area contributed by atoms with Gasteiger partial charge in [0, 0.05) is 22.7 Å². The first-order valence-corrected chi connectivity index (χ1v) is 12.2. The van der Waals surface area contributed by atoms with Crippen LogP contribution in [0, 0.1) is 39.9 Å². The van der Waals surface area contributed by atoms with E-state index in [0.29, 0.717) is 5.57 Å². The second-order valence-corrected chi connectivity index (χ2v) is 11.9. The number of rotatable bonds is 3. The van der Waals surface area contributed by atoms with Gasteiger partial charge in [0.1, 0.15) is 18.3 Å². The van der Waals surface area contributed by atoms with E-state index < -0.39 is 93.8 Å². The van der Waals surface area contributed by atoms with Crippen LogP contribution < -0.4 is 0 Å². The maximum absolute atomic E-state index is 13.3. The molecule has 0 radical (unpaired) electrons. The minimum Gasteiger partial charge on any atom is -0.480 e. The topological polar surface area (TPSA) is 177 Å². The summed E-state index contributed by atoms with van der Waals surface area (Å²) in [6.07, 6.45) is -3.91. The lowest BCUT2D eigenvalue weighted by Crippen LogP contribution is -2.78. The molecule has 11 atom stereocenters. The minimum atomic E-state index is -2.17. The average molecular weight is 509 g/mol. The highest BCUT2D eigenvalue weighted by molar-refractivity contribution is 5.99. The Bertz CT molecular complexity index is 1100. The van der Waals surface area contributed by atoms with Gasteiger partial charge in [-0.05, 0) is 45.1 Å². The lowest BCUT2D eigenvalue weighted by Gasteiger charge is -2.68. The molecule has 4 N–H and O–H groups in total. The van der Waals surface area contributed by atoms with Crippen LogP contribution in [-0.2, 0) is 33.4 Å². The Morgan fingerprint density at radius 2 is 1.86 bits per heavy atom. The molecule has 11 heteroatoms. The van der Waals surface area contributed by atoms with E-state index in [9.17, 15) is 39.6 Å². The third kappa shape index (κ3) is 2.72. The van der Waals surface area contributed by atoms with E-state index in [2.05, 4.69) is 0 Å². The molecule has 2 aliphatic heterocycles. The number of ketones is 1. The van der Waals surface area contributed by atoms with E-state index in [-0.39, 0.29) is 13.0 Å². The number of carbonyl (C=O) groups is 4. The number of allylic oxidation sites excluding steroid dienone is 1. The number of aliphatic carboxylic acids is 1. The fourth-order valence-corrected chi connectivity index (χ4v) is 8.08. The van der Waals surface area contributed by atoms with Crippen LogP contribution in [0.1, 0.15) is 41.0 Å². The molecule has 2 heterocycles. The van der Waals surface area contributed by atoms with Gasteiger partial charge in [-0.2, -0.15) is 0 Å². The molecule has 0 aromatic carbocycles. The molecule has 2 saturated heterocycles. The second kappa shape index (κ2) is 7.37.